The van der Waals surface area contributed by atoms with Crippen LogP contribution < -0.4 is 0 Å². The van der Waals surface area contributed by atoms with Crippen molar-refractivity contribution in [3.05, 3.63) is 119 Å². The molecule has 3 aromatic carbocycles. The van der Waals surface area contributed by atoms with Crippen LogP contribution in [0.4, 0.5) is 0 Å². The normalized spacial score (nSPS) is 12.4. The van der Waals surface area contributed by atoms with Gasteiger partial charge in [0.25, 0.3) is 0 Å². The molecular formula is C46H49N5. The summed E-state index contributed by atoms with van der Waals surface area (Å²) in [7, 11) is 0. The van der Waals surface area contributed by atoms with E-state index in [0.29, 0.717) is 0 Å². The first kappa shape index (κ1) is 34.4. The quantitative estimate of drug-likeness (QED) is 0.128. The molecule has 0 fully saturated rings. The largest absolute Gasteiger partial charge is 0.304 e. The van der Waals surface area contributed by atoms with E-state index in [-0.39, 0.29) is 5.92 Å². The first-order valence-corrected chi connectivity index (χ1v) is 18.8. The van der Waals surface area contributed by atoms with Gasteiger partial charge >= 0.3 is 0 Å². The fraction of sp³-hybridized carbons (Fsp3) is 0.304. The van der Waals surface area contributed by atoms with Gasteiger partial charge in [0.1, 0.15) is 0 Å². The molecule has 5 heteroatoms. The number of rotatable bonds is 11. The Hall–Kier alpha value is -5.00. The molecule has 1 unspecified atom stereocenters. The number of nitrogens with zero attached hydrogens (tertiary/aromatic N) is 5. The maximum atomic E-state index is 5.76. The number of benzene rings is 3. The highest BCUT2D eigenvalue weighted by Gasteiger charge is 2.28. The molecule has 0 bridgehead atoms. The fourth-order valence-corrected chi connectivity index (χ4v) is 7.86. The van der Waals surface area contributed by atoms with Crippen LogP contribution in [0.15, 0.2) is 91.3 Å². The number of aromatic nitrogens is 4. The molecule has 0 aliphatic heterocycles. The van der Waals surface area contributed by atoms with Gasteiger partial charge in [0.05, 0.1) is 33.6 Å². The molecule has 7 aromatic rings. The molecule has 7 rings (SSSR count). The van der Waals surface area contributed by atoms with Crippen LogP contribution in [0.1, 0.15) is 74.8 Å². The molecule has 0 aliphatic rings. The molecule has 0 saturated carbocycles. The van der Waals surface area contributed by atoms with Crippen LogP contribution in [0.2, 0.25) is 0 Å². The Labute approximate surface area is 302 Å². The van der Waals surface area contributed by atoms with E-state index in [2.05, 4.69) is 120 Å². The molecule has 0 amide bonds. The summed E-state index contributed by atoms with van der Waals surface area (Å²) in [6.07, 6.45) is 6.54. The monoisotopic (exact) mass is 671 g/mol. The van der Waals surface area contributed by atoms with Gasteiger partial charge in [-0.3, -0.25) is 9.97 Å². The van der Waals surface area contributed by atoms with Gasteiger partial charge in [-0.1, -0.05) is 65.0 Å². The van der Waals surface area contributed by atoms with Crippen molar-refractivity contribution in [2.24, 2.45) is 0 Å². The van der Waals surface area contributed by atoms with Gasteiger partial charge in [-0.05, 0) is 128 Å². The standard InChI is InChI=1S/C46H49N5/c1-8-29(5)42-44(41-26-30(6)33-18-12-13-20-39(33)49-41)43(40-21-15-17-24-48-40)34(22-25-51(10-3)11-4)37-28-36-31(7)35(38-19-14-16-23-47-38)27-32(9-2)45(36)50-46(37)42/h12-21,23-24,26-29H,8-11,22,25H2,1-7H3. The van der Waals surface area contributed by atoms with Crippen LogP contribution in [0.3, 0.4) is 0 Å². The predicted octanol–water partition coefficient (Wildman–Crippen LogP) is 11.3. The van der Waals surface area contributed by atoms with Gasteiger partial charge in [0.2, 0.25) is 0 Å². The number of fused-ring (bicyclic) bond motifs is 3. The second-order valence-corrected chi connectivity index (χ2v) is 13.8. The first-order chi connectivity index (χ1) is 24.9. The second kappa shape index (κ2) is 14.7. The van der Waals surface area contributed by atoms with Gasteiger partial charge in [-0.2, -0.15) is 0 Å². The van der Waals surface area contributed by atoms with Crippen molar-refractivity contribution in [2.45, 2.75) is 73.6 Å². The summed E-state index contributed by atoms with van der Waals surface area (Å²) in [5.74, 6) is 0.235. The SMILES string of the molecule is CCc1cc(-c2ccccn2)c(C)c2cc3c(CCN(CC)CC)c(-c4ccccn4)c(-c4cc(C)c5ccccc5n4)c(C(C)CC)c3nc12. The van der Waals surface area contributed by atoms with Gasteiger partial charge in [-0.25, -0.2) is 9.97 Å². The molecule has 4 heterocycles. The highest BCUT2D eigenvalue weighted by molar-refractivity contribution is 6.07. The number of para-hydroxylation sites is 1. The molecule has 0 aliphatic carbocycles. The lowest BCUT2D eigenvalue weighted by atomic mass is 9.80. The van der Waals surface area contributed by atoms with E-state index < -0.39 is 0 Å². The number of likely N-dealkylation sites (N-methyl/N-ethyl adjacent to an activating group) is 1. The Kier molecular flexibility index (Phi) is 9.93. The van der Waals surface area contributed by atoms with Crippen LogP contribution in [0.5, 0.6) is 0 Å². The van der Waals surface area contributed by atoms with Gasteiger partial charge in [-0.15, -0.1) is 0 Å². The highest BCUT2D eigenvalue weighted by Crippen LogP contribution is 2.47. The first-order valence-electron chi connectivity index (χ1n) is 18.8. The number of hydrogen-bond acceptors (Lipinski definition) is 5. The maximum absolute atomic E-state index is 5.76. The third kappa shape index (κ3) is 6.29. The van der Waals surface area contributed by atoms with Crippen LogP contribution in [0, 0.1) is 13.8 Å². The summed E-state index contributed by atoms with van der Waals surface area (Å²) >= 11 is 0. The zero-order chi connectivity index (χ0) is 35.6. The summed E-state index contributed by atoms with van der Waals surface area (Å²) in [5.41, 5.74) is 15.9. The van der Waals surface area contributed by atoms with E-state index >= 15 is 0 Å². The molecule has 0 radical (unpaired) electrons. The third-order valence-corrected chi connectivity index (χ3v) is 11.0. The minimum Gasteiger partial charge on any atom is -0.304 e. The van der Waals surface area contributed by atoms with Crippen molar-refractivity contribution in [3.8, 4) is 33.8 Å². The molecule has 51 heavy (non-hydrogen) atoms. The summed E-state index contributed by atoms with van der Waals surface area (Å²) < 4.78 is 0. The fourth-order valence-electron chi connectivity index (χ4n) is 7.86. The topological polar surface area (TPSA) is 54.8 Å². The number of aryl methyl sites for hydroxylation is 3. The van der Waals surface area contributed by atoms with E-state index in [9.17, 15) is 0 Å². The summed E-state index contributed by atoms with van der Waals surface area (Å²) in [6, 6.07) is 28.0. The Morgan fingerprint density at radius 2 is 1.37 bits per heavy atom. The van der Waals surface area contributed by atoms with Crippen LogP contribution in [-0.2, 0) is 12.8 Å². The van der Waals surface area contributed by atoms with E-state index in [4.69, 9.17) is 19.9 Å². The zero-order valence-electron chi connectivity index (χ0n) is 31.2. The zero-order valence-corrected chi connectivity index (χ0v) is 31.2. The smallest absolute Gasteiger partial charge is 0.0754 e. The lowest BCUT2D eigenvalue weighted by molar-refractivity contribution is 0.308. The Morgan fingerprint density at radius 1 is 0.667 bits per heavy atom. The van der Waals surface area contributed by atoms with Gasteiger partial charge in [0, 0.05) is 51.8 Å². The minimum absolute atomic E-state index is 0.235. The van der Waals surface area contributed by atoms with Crippen LogP contribution in [-0.4, -0.2) is 44.5 Å². The van der Waals surface area contributed by atoms with Crippen molar-refractivity contribution in [3.63, 3.8) is 0 Å². The summed E-state index contributed by atoms with van der Waals surface area (Å²) in [4.78, 5) is 23.6. The van der Waals surface area contributed by atoms with Gasteiger partial charge < -0.3 is 4.90 Å². The number of hydrogen-bond donors (Lipinski definition) is 0. The van der Waals surface area contributed by atoms with Gasteiger partial charge in [0.15, 0.2) is 0 Å². The van der Waals surface area contributed by atoms with Crippen molar-refractivity contribution >= 4 is 32.7 Å². The van der Waals surface area contributed by atoms with Crippen molar-refractivity contribution < 1.29 is 0 Å². The van der Waals surface area contributed by atoms with E-state index in [1.807, 2.05) is 24.5 Å². The van der Waals surface area contributed by atoms with E-state index in [0.717, 1.165) is 72.5 Å². The maximum Gasteiger partial charge on any atom is 0.0754 e. The average molecular weight is 672 g/mol. The lowest BCUT2D eigenvalue weighted by Crippen LogP contribution is -2.25. The van der Waals surface area contributed by atoms with Crippen molar-refractivity contribution in [2.75, 3.05) is 19.6 Å². The number of pyridine rings is 4. The molecular weight excluding hydrogens is 623 g/mol. The molecule has 0 saturated heterocycles. The second-order valence-electron chi connectivity index (χ2n) is 13.8. The predicted molar refractivity (Wildman–Crippen MR) is 215 cm³/mol. The molecule has 258 valence electrons. The summed E-state index contributed by atoms with van der Waals surface area (Å²) in [6.45, 7) is 18.8. The highest BCUT2D eigenvalue weighted by atomic mass is 15.1. The van der Waals surface area contributed by atoms with Crippen LogP contribution in [0.25, 0.3) is 66.5 Å². The minimum atomic E-state index is 0.235. The summed E-state index contributed by atoms with van der Waals surface area (Å²) in [5, 5.41) is 3.60. The molecule has 5 nitrogen and oxygen atoms in total. The van der Waals surface area contributed by atoms with Crippen molar-refractivity contribution in [1.82, 2.24) is 24.8 Å². The average Bonchev–Trinajstić information content (AvgIpc) is 3.17. The molecule has 0 spiro atoms. The Morgan fingerprint density at radius 3 is 2.04 bits per heavy atom. The molecule has 1 atom stereocenters. The van der Waals surface area contributed by atoms with Crippen LogP contribution >= 0.6 is 0 Å². The molecule has 0 N–H and O–H groups in total. The molecule has 4 aromatic heterocycles. The Balaban J connectivity index is 1.69. The van der Waals surface area contributed by atoms with E-state index in [1.165, 1.54) is 60.7 Å². The van der Waals surface area contributed by atoms with E-state index in [1.54, 1.807) is 0 Å². The Bertz CT molecular complexity index is 2340. The lowest BCUT2D eigenvalue weighted by Gasteiger charge is -2.27. The van der Waals surface area contributed by atoms with Crippen molar-refractivity contribution in [1.29, 1.82) is 0 Å². The third-order valence-electron chi connectivity index (χ3n) is 11.0.